The van der Waals surface area contributed by atoms with Crippen LogP contribution in [-0.2, 0) is 11.4 Å². The molecule has 0 saturated carbocycles. The van der Waals surface area contributed by atoms with Gasteiger partial charge in [-0.05, 0) is 86.1 Å². The van der Waals surface area contributed by atoms with Crippen LogP contribution in [0.5, 0.6) is 17.2 Å². The molecule has 5 rings (SSSR count). The van der Waals surface area contributed by atoms with E-state index in [0.29, 0.717) is 19.6 Å². The quantitative estimate of drug-likeness (QED) is 0.214. The smallest absolute Gasteiger partial charge is 0.224 e. The van der Waals surface area contributed by atoms with Crippen molar-refractivity contribution in [3.8, 4) is 27.7 Å². The second kappa shape index (κ2) is 13.0. The third kappa shape index (κ3) is 6.72. The number of rotatable bonds is 11. The average molecular weight is 545 g/mol. The van der Waals surface area contributed by atoms with Crippen molar-refractivity contribution in [2.45, 2.75) is 39.2 Å². The average Bonchev–Trinajstić information content (AvgIpc) is 3.36. The summed E-state index contributed by atoms with van der Waals surface area (Å²) in [6.45, 7) is 6.00. The molecule has 1 N–H and O–H groups in total. The van der Waals surface area contributed by atoms with Gasteiger partial charge < -0.3 is 19.5 Å². The third-order valence-corrected chi connectivity index (χ3v) is 8.27. The molecule has 1 amide bonds. The van der Waals surface area contributed by atoms with Crippen LogP contribution in [0.3, 0.4) is 0 Å². The highest BCUT2D eigenvalue weighted by Gasteiger charge is 2.17. The first kappa shape index (κ1) is 27.0. The van der Waals surface area contributed by atoms with Gasteiger partial charge in [0.15, 0.2) is 0 Å². The molecule has 2 heterocycles. The summed E-state index contributed by atoms with van der Waals surface area (Å²) in [5.74, 6) is 2.40. The summed E-state index contributed by atoms with van der Waals surface area (Å²) in [7, 11) is 1.67. The maximum Gasteiger partial charge on any atom is 0.224 e. The summed E-state index contributed by atoms with van der Waals surface area (Å²) in [6.07, 6.45) is 4.27. The number of carbonyl (C=O) groups is 1. The number of hydrogen-bond donors (Lipinski definition) is 1. The van der Waals surface area contributed by atoms with Crippen LogP contribution >= 0.6 is 11.3 Å². The molecular formula is C32H36N2O4S. The number of nitrogens with one attached hydrogen (secondary N) is 1. The Hall–Kier alpha value is -3.55. The zero-order valence-electron chi connectivity index (χ0n) is 22.7. The van der Waals surface area contributed by atoms with Crippen molar-refractivity contribution in [1.82, 2.24) is 4.90 Å². The lowest BCUT2D eigenvalue weighted by Gasteiger charge is -2.26. The fourth-order valence-electron chi connectivity index (χ4n) is 4.86. The molecule has 0 unspecified atom stereocenters. The van der Waals surface area contributed by atoms with Crippen molar-refractivity contribution < 1.29 is 19.0 Å². The highest BCUT2D eigenvalue weighted by Crippen LogP contribution is 2.45. The lowest BCUT2D eigenvalue weighted by atomic mass is 10.1. The molecule has 0 atom stereocenters. The fourth-order valence-corrected chi connectivity index (χ4v) is 6.02. The Balaban J connectivity index is 1.38. The van der Waals surface area contributed by atoms with Gasteiger partial charge in [-0.1, -0.05) is 25.5 Å². The zero-order chi connectivity index (χ0) is 27.0. The number of hydrogen-bond acceptors (Lipinski definition) is 6. The summed E-state index contributed by atoms with van der Waals surface area (Å²) in [5, 5.41) is 4.10. The molecule has 1 aliphatic heterocycles. The van der Waals surface area contributed by atoms with Crippen molar-refractivity contribution in [3.05, 3.63) is 72.3 Å². The van der Waals surface area contributed by atoms with Gasteiger partial charge in [0.25, 0.3) is 0 Å². The van der Waals surface area contributed by atoms with E-state index in [0.717, 1.165) is 68.7 Å². The Labute approximate surface area is 234 Å². The van der Waals surface area contributed by atoms with Crippen LogP contribution in [0.15, 0.2) is 66.7 Å². The lowest BCUT2D eigenvalue weighted by Crippen LogP contribution is -2.33. The number of anilines is 1. The van der Waals surface area contributed by atoms with Crippen LogP contribution in [0, 0.1) is 0 Å². The Morgan fingerprint density at radius 3 is 2.49 bits per heavy atom. The predicted octanol–water partition coefficient (Wildman–Crippen LogP) is 7.37. The first-order chi connectivity index (χ1) is 19.1. The molecule has 7 heteroatoms. The van der Waals surface area contributed by atoms with Crippen LogP contribution in [0.2, 0.25) is 0 Å². The van der Waals surface area contributed by atoms with E-state index < -0.39 is 0 Å². The van der Waals surface area contributed by atoms with Gasteiger partial charge in [-0.15, -0.1) is 11.3 Å². The van der Waals surface area contributed by atoms with Gasteiger partial charge in [0.1, 0.15) is 30.5 Å². The molecule has 6 nitrogen and oxygen atoms in total. The van der Waals surface area contributed by atoms with Crippen LogP contribution in [0.25, 0.3) is 20.5 Å². The number of ether oxygens (including phenoxy) is 3. The highest BCUT2D eigenvalue weighted by molar-refractivity contribution is 7.22. The van der Waals surface area contributed by atoms with Gasteiger partial charge in [-0.3, -0.25) is 9.69 Å². The number of fused-ring (bicyclic) bond motifs is 1. The Morgan fingerprint density at radius 2 is 1.72 bits per heavy atom. The lowest BCUT2D eigenvalue weighted by molar-refractivity contribution is -0.115. The molecule has 4 aromatic rings. The van der Waals surface area contributed by atoms with Crippen molar-refractivity contribution >= 4 is 33.0 Å². The van der Waals surface area contributed by atoms with E-state index in [-0.39, 0.29) is 5.91 Å². The summed E-state index contributed by atoms with van der Waals surface area (Å²) in [6, 6.07) is 22.2. The molecular weight excluding hydrogens is 508 g/mol. The maximum absolute atomic E-state index is 12.3. The second-order valence-electron chi connectivity index (χ2n) is 9.75. The zero-order valence-corrected chi connectivity index (χ0v) is 23.5. The molecule has 204 valence electrons. The van der Waals surface area contributed by atoms with E-state index in [9.17, 15) is 4.79 Å². The topological polar surface area (TPSA) is 60.0 Å². The minimum atomic E-state index is -0.0325. The van der Waals surface area contributed by atoms with Gasteiger partial charge in [0.2, 0.25) is 5.91 Å². The van der Waals surface area contributed by atoms with Crippen molar-refractivity contribution in [3.63, 3.8) is 0 Å². The molecule has 1 fully saturated rings. The van der Waals surface area contributed by atoms with Gasteiger partial charge in [-0.2, -0.15) is 0 Å². The first-order valence-electron chi connectivity index (χ1n) is 13.7. The first-order valence-corrected chi connectivity index (χ1v) is 14.5. The number of methoxy groups -OCH3 is 1. The second-order valence-corrected chi connectivity index (χ2v) is 10.8. The number of amides is 1. The van der Waals surface area contributed by atoms with Gasteiger partial charge in [0, 0.05) is 34.3 Å². The van der Waals surface area contributed by atoms with Crippen LogP contribution < -0.4 is 19.5 Å². The predicted molar refractivity (Wildman–Crippen MR) is 159 cm³/mol. The van der Waals surface area contributed by atoms with Crippen molar-refractivity contribution in [1.29, 1.82) is 0 Å². The van der Waals surface area contributed by atoms with Gasteiger partial charge in [0.05, 0.1) is 12.0 Å². The number of nitrogens with zero attached hydrogens (tertiary/aromatic N) is 1. The van der Waals surface area contributed by atoms with E-state index in [1.807, 2.05) is 49.4 Å². The largest absolute Gasteiger partial charge is 0.497 e. The molecule has 1 aliphatic rings. The van der Waals surface area contributed by atoms with E-state index >= 15 is 0 Å². The van der Waals surface area contributed by atoms with E-state index in [1.165, 1.54) is 19.3 Å². The third-order valence-electron chi connectivity index (χ3n) is 7.07. The molecule has 0 aliphatic carbocycles. The highest BCUT2D eigenvalue weighted by atomic mass is 32.1. The summed E-state index contributed by atoms with van der Waals surface area (Å²) < 4.78 is 19.2. The molecule has 0 radical (unpaired) electrons. The summed E-state index contributed by atoms with van der Waals surface area (Å²) >= 11 is 1.71. The SMILES string of the molecule is CCC(=O)Nc1ccc(OCCN2CCCCC2)cc1COc1c(-c2ccc(OC)cc2)sc2ccccc12. The molecule has 1 saturated heterocycles. The van der Waals surface area contributed by atoms with E-state index in [2.05, 4.69) is 34.5 Å². The monoisotopic (exact) mass is 544 g/mol. The number of thiophene rings is 1. The number of likely N-dealkylation sites (tertiary alicyclic amines) is 1. The van der Waals surface area contributed by atoms with Crippen LogP contribution in [0.4, 0.5) is 5.69 Å². The molecule has 0 spiro atoms. The van der Waals surface area contributed by atoms with Crippen LogP contribution in [0.1, 0.15) is 38.2 Å². The fraction of sp³-hybridized carbons (Fsp3) is 0.344. The van der Waals surface area contributed by atoms with Crippen molar-refractivity contribution in [2.24, 2.45) is 0 Å². The van der Waals surface area contributed by atoms with Crippen LogP contribution in [-0.4, -0.2) is 44.2 Å². The summed E-state index contributed by atoms with van der Waals surface area (Å²) in [4.78, 5) is 15.8. The van der Waals surface area contributed by atoms with Gasteiger partial charge in [-0.25, -0.2) is 0 Å². The Morgan fingerprint density at radius 1 is 0.949 bits per heavy atom. The standard InChI is InChI=1S/C32H36N2O4S/c1-3-30(35)33-28-16-15-26(37-20-19-34-17-7-4-8-18-34)21-24(28)22-38-31-27-9-5-6-10-29(27)39-32(31)23-11-13-25(36-2)14-12-23/h5-6,9-16,21H,3-4,7-8,17-20,22H2,1-2H3,(H,33,35). The normalized spacial score (nSPS) is 13.8. The minimum Gasteiger partial charge on any atom is -0.497 e. The number of benzene rings is 3. The number of piperidine rings is 1. The number of carbonyl (C=O) groups excluding carboxylic acids is 1. The Kier molecular flexibility index (Phi) is 9.01. The molecule has 3 aromatic carbocycles. The molecule has 39 heavy (non-hydrogen) atoms. The van der Waals surface area contributed by atoms with Gasteiger partial charge >= 0.3 is 0 Å². The molecule has 1 aromatic heterocycles. The van der Waals surface area contributed by atoms with E-state index in [1.54, 1.807) is 18.4 Å². The maximum atomic E-state index is 12.3. The van der Waals surface area contributed by atoms with Crippen molar-refractivity contribution in [2.75, 3.05) is 38.7 Å². The Bertz CT molecular complexity index is 1390. The summed E-state index contributed by atoms with van der Waals surface area (Å²) in [5.41, 5.74) is 2.69. The van der Waals surface area contributed by atoms with E-state index in [4.69, 9.17) is 14.2 Å². The minimum absolute atomic E-state index is 0.0325. The molecule has 0 bridgehead atoms.